The summed E-state index contributed by atoms with van der Waals surface area (Å²) in [5, 5.41) is 22.0. The van der Waals surface area contributed by atoms with Crippen molar-refractivity contribution >= 4 is 41.1 Å². The number of hydrogen-bond donors (Lipinski definition) is 7. The number of carboxylic acids is 1. The number of nitrogen functional groups attached to an aromatic ring is 1. The number of ether oxygens (including phenoxy) is 2. The highest BCUT2D eigenvalue weighted by atomic mass is 16.6. The number of carbonyl (C=O) groups excluding carboxylic acids is 3. The summed E-state index contributed by atoms with van der Waals surface area (Å²) in [4.78, 5) is 42.0. The number of nitrogens with two attached hydrogens (primary N) is 2. The van der Waals surface area contributed by atoms with Gasteiger partial charge in [0.15, 0.2) is 0 Å². The van der Waals surface area contributed by atoms with Crippen LogP contribution in [0.4, 0.5) is 21.0 Å². The maximum absolute atomic E-state index is 11.5. The lowest BCUT2D eigenvalue weighted by Crippen LogP contribution is -2.19. The predicted molar refractivity (Wildman–Crippen MR) is 189 cm³/mol. The van der Waals surface area contributed by atoms with E-state index in [-0.39, 0.29) is 25.0 Å². The lowest BCUT2D eigenvalue weighted by molar-refractivity contribution is -0.134. The number of carbonyl (C=O) groups is 4. The molecule has 9 N–H and O–H groups in total. The van der Waals surface area contributed by atoms with E-state index >= 15 is 0 Å². The van der Waals surface area contributed by atoms with E-state index in [0.29, 0.717) is 11.4 Å². The third kappa shape index (κ3) is 27.8. The van der Waals surface area contributed by atoms with Gasteiger partial charge in [0.25, 0.3) is 5.97 Å². The quantitative estimate of drug-likeness (QED) is 0.191. The first-order chi connectivity index (χ1) is 22.3. The van der Waals surface area contributed by atoms with Gasteiger partial charge in [-0.1, -0.05) is 70.7 Å². The molecule has 0 spiro atoms. The van der Waals surface area contributed by atoms with Crippen molar-refractivity contribution < 1.29 is 33.8 Å². The second-order valence-corrected chi connectivity index (χ2v) is 8.95. The zero-order valence-corrected chi connectivity index (χ0v) is 28.7. The molecule has 0 bridgehead atoms. The molecular formula is C34H52N6O7. The van der Waals surface area contributed by atoms with Crippen LogP contribution in [-0.2, 0) is 32.3 Å². The van der Waals surface area contributed by atoms with Crippen LogP contribution in [0.3, 0.4) is 0 Å². The maximum Gasteiger partial charge on any atom is 0.407 e. The topological polar surface area (TPSA) is 219 Å². The molecule has 0 heterocycles. The van der Waals surface area contributed by atoms with Crippen molar-refractivity contribution in [2.75, 3.05) is 32.2 Å². The first-order valence-electron chi connectivity index (χ1n) is 14.6. The minimum absolute atomic E-state index is 0.0237. The Labute approximate surface area is 278 Å². The number of rotatable bonds is 6. The van der Waals surface area contributed by atoms with E-state index in [0.717, 1.165) is 29.3 Å². The molecule has 0 saturated carbocycles. The molecule has 1 aliphatic carbocycles. The molecule has 2 aromatic rings. The van der Waals surface area contributed by atoms with E-state index in [4.69, 9.17) is 30.5 Å². The largest absolute Gasteiger partial charge is 0.481 e. The average molecular weight is 657 g/mol. The Morgan fingerprint density at radius 3 is 1.49 bits per heavy atom. The van der Waals surface area contributed by atoms with E-state index in [2.05, 4.69) is 28.3 Å². The van der Waals surface area contributed by atoms with Gasteiger partial charge >= 0.3 is 12.2 Å². The summed E-state index contributed by atoms with van der Waals surface area (Å²) in [7, 11) is 4.53. The van der Waals surface area contributed by atoms with Gasteiger partial charge in [0.2, 0.25) is 5.91 Å². The van der Waals surface area contributed by atoms with Crippen LogP contribution >= 0.6 is 0 Å². The zero-order chi connectivity index (χ0) is 36.8. The maximum atomic E-state index is 11.5. The summed E-state index contributed by atoms with van der Waals surface area (Å²) in [5.41, 5.74) is 14.7. The molecule has 0 radical (unpaired) electrons. The lowest BCUT2D eigenvalue weighted by atomic mass is 10.1. The van der Waals surface area contributed by atoms with Crippen LogP contribution in [0.2, 0.25) is 0 Å². The molecule has 0 aromatic heterocycles. The molecule has 13 nitrogen and oxygen atoms in total. The number of benzene rings is 2. The van der Waals surface area contributed by atoms with Crippen molar-refractivity contribution in [2.45, 2.75) is 47.8 Å². The number of nitrogens with one attached hydrogen (secondary N) is 4. The Bertz CT molecular complexity index is 1230. The summed E-state index contributed by atoms with van der Waals surface area (Å²) >= 11 is 0. The predicted octanol–water partition coefficient (Wildman–Crippen LogP) is 5.64. The smallest absolute Gasteiger partial charge is 0.407 e. The summed E-state index contributed by atoms with van der Waals surface area (Å²) in [6, 6.07) is 14.3. The van der Waals surface area contributed by atoms with E-state index in [1.54, 1.807) is 48.6 Å². The molecular weight excluding hydrogens is 604 g/mol. The number of amides is 3. The second-order valence-electron chi connectivity index (χ2n) is 8.95. The van der Waals surface area contributed by atoms with E-state index < -0.39 is 18.2 Å². The van der Waals surface area contributed by atoms with Gasteiger partial charge in [-0.3, -0.25) is 9.59 Å². The molecule has 0 saturated heterocycles. The monoisotopic (exact) mass is 656 g/mol. The Morgan fingerprint density at radius 2 is 1.17 bits per heavy atom. The molecule has 3 rings (SSSR count). The van der Waals surface area contributed by atoms with Gasteiger partial charge in [-0.05, 0) is 60.2 Å². The molecule has 0 aliphatic heterocycles. The number of alkyl carbamates (subject to hydrolysis) is 2. The zero-order valence-electron chi connectivity index (χ0n) is 28.7. The van der Waals surface area contributed by atoms with Crippen LogP contribution in [0, 0.1) is 11.3 Å². The Kier molecular flexibility index (Phi) is 28.7. The third-order valence-electron chi connectivity index (χ3n) is 4.83. The van der Waals surface area contributed by atoms with Crippen molar-refractivity contribution in [1.82, 2.24) is 10.6 Å². The lowest BCUT2D eigenvalue weighted by Gasteiger charge is -2.08. The van der Waals surface area contributed by atoms with Crippen molar-refractivity contribution in [3.8, 4) is 0 Å². The number of hydrogen-bond acceptors (Lipinski definition) is 9. The Balaban J connectivity index is -0.000000582. The van der Waals surface area contributed by atoms with Crippen LogP contribution in [-0.4, -0.2) is 56.0 Å². The average Bonchev–Trinajstić information content (AvgIpc) is 3.07. The highest BCUT2D eigenvalue weighted by molar-refractivity contribution is 6.03. The van der Waals surface area contributed by atoms with Gasteiger partial charge in [0, 0.05) is 38.3 Å². The van der Waals surface area contributed by atoms with Crippen molar-refractivity contribution in [3.63, 3.8) is 0 Å². The molecule has 0 fully saturated rings. The minimum Gasteiger partial charge on any atom is -0.481 e. The van der Waals surface area contributed by atoms with E-state index in [1.807, 2.05) is 52.0 Å². The number of aliphatic carboxylic acids is 1. The van der Waals surface area contributed by atoms with Crippen LogP contribution < -0.4 is 27.4 Å². The summed E-state index contributed by atoms with van der Waals surface area (Å²) in [5.74, 6) is -0.911. The molecule has 2 aromatic carbocycles. The van der Waals surface area contributed by atoms with Crippen LogP contribution in [0.1, 0.15) is 45.7 Å². The third-order valence-corrected chi connectivity index (χ3v) is 4.83. The van der Waals surface area contributed by atoms with Gasteiger partial charge in [-0.15, -0.1) is 0 Å². The van der Waals surface area contributed by atoms with Gasteiger partial charge in [-0.25, -0.2) is 9.59 Å². The summed E-state index contributed by atoms with van der Waals surface area (Å²) in [6.07, 6.45) is 6.19. The second kappa shape index (κ2) is 29.3. The summed E-state index contributed by atoms with van der Waals surface area (Å²) in [6.45, 7) is 12.9. The number of anilines is 2. The summed E-state index contributed by atoms with van der Waals surface area (Å²) < 4.78 is 9.73. The fourth-order valence-corrected chi connectivity index (χ4v) is 2.53. The number of allylic oxidation sites excluding steroid dienone is 5. The SMILES string of the molecule is C=C1C=CC(=N)C=C1.CC.CC(=O)O.CN.CNC(=O)OCc1ccc(N)cc1.CNC(=O)OCc1ccc(NC(=O)C(C)C)cc1. The first kappa shape index (κ1) is 46.0. The normalized spacial score (nSPS) is 10.2. The first-order valence-corrected chi connectivity index (χ1v) is 14.6. The van der Waals surface area contributed by atoms with Crippen LogP contribution in [0.25, 0.3) is 0 Å². The molecule has 0 atom stereocenters. The van der Waals surface area contributed by atoms with Crippen LogP contribution in [0.15, 0.2) is 85.0 Å². The molecule has 0 unspecified atom stereocenters. The minimum atomic E-state index is -0.833. The van der Waals surface area contributed by atoms with Gasteiger partial charge in [-0.2, -0.15) is 0 Å². The van der Waals surface area contributed by atoms with Crippen LogP contribution in [0.5, 0.6) is 0 Å². The highest BCUT2D eigenvalue weighted by Gasteiger charge is 2.07. The molecule has 3 amide bonds. The van der Waals surface area contributed by atoms with Gasteiger partial charge in [0.05, 0.1) is 5.71 Å². The molecule has 47 heavy (non-hydrogen) atoms. The highest BCUT2D eigenvalue weighted by Crippen LogP contribution is 2.12. The standard InChI is InChI=1S/C13H18N2O3.C9H12N2O2.C7H7N.C2H4O2.C2H6.CH5N/c1-9(2)12(16)15-11-6-4-10(5-7-11)8-18-13(17)14-3;1-11-9(12)13-6-7-2-4-8(10)5-3-7;1-6-2-4-7(8)5-3-6;1-2(3)4;2*1-2/h4-7,9H,8H2,1-3H3,(H,14,17)(H,15,16);2-5H,6,10H2,1H3,(H,11,12);2-5,8H,1H2;1H3,(H,3,4);1-2H3;2H2,1H3. The van der Waals surface area contributed by atoms with E-state index in [1.165, 1.54) is 21.1 Å². The van der Waals surface area contributed by atoms with Gasteiger partial charge in [0.1, 0.15) is 13.2 Å². The molecule has 1 aliphatic rings. The molecule has 13 heteroatoms. The van der Waals surface area contributed by atoms with Gasteiger partial charge < -0.3 is 47.4 Å². The van der Waals surface area contributed by atoms with Crippen molar-refractivity contribution in [3.05, 3.63) is 96.1 Å². The fourth-order valence-electron chi connectivity index (χ4n) is 2.53. The fraction of sp³-hybridized carbons (Fsp3) is 0.324. The van der Waals surface area contributed by atoms with Crippen molar-refractivity contribution in [2.24, 2.45) is 11.7 Å². The Morgan fingerprint density at radius 1 is 0.809 bits per heavy atom. The Hall–Kier alpha value is -5.43. The number of carboxylic acid groups (broad SMARTS) is 1. The molecule has 260 valence electrons. The van der Waals surface area contributed by atoms with Crippen molar-refractivity contribution in [1.29, 1.82) is 5.41 Å². The van der Waals surface area contributed by atoms with E-state index in [9.17, 15) is 14.4 Å².